The minimum Gasteiger partial charge on any atom is -0.493 e. The molecule has 2 saturated heterocycles. The summed E-state index contributed by atoms with van der Waals surface area (Å²) in [5.74, 6) is 3.01. The van der Waals surface area contributed by atoms with Gasteiger partial charge >= 0.3 is 6.03 Å². The number of nitrogens with zero attached hydrogens (tertiary/aromatic N) is 5. The van der Waals surface area contributed by atoms with E-state index in [0.29, 0.717) is 44.3 Å². The number of carbonyl (C=O) groups is 1. The van der Waals surface area contributed by atoms with Gasteiger partial charge in [-0.2, -0.15) is 0 Å². The van der Waals surface area contributed by atoms with Gasteiger partial charge in [0.05, 0.1) is 25.3 Å². The van der Waals surface area contributed by atoms with Gasteiger partial charge in [-0.05, 0) is 76.5 Å². The van der Waals surface area contributed by atoms with Crippen LogP contribution in [0, 0.1) is 0 Å². The molecule has 2 fully saturated rings. The van der Waals surface area contributed by atoms with E-state index in [9.17, 15) is 4.79 Å². The molecule has 2 aliphatic heterocycles. The number of fused-ring (bicyclic) bond motifs is 1. The summed E-state index contributed by atoms with van der Waals surface area (Å²) in [6.07, 6.45) is 6.60. The molecular weight excluding hydrogens is 520 g/mol. The molecule has 2 aliphatic rings. The highest BCUT2D eigenvalue weighted by Gasteiger charge is 2.24. The minimum absolute atomic E-state index is 0.106. The Morgan fingerprint density at radius 3 is 2.41 bits per heavy atom. The molecule has 0 atom stereocenters. The van der Waals surface area contributed by atoms with Gasteiger partial charge in [0.2, 0.25) is 0 Å². The van der Waals surface area contributed by atoms with Gasteiger partial charge < -0.3 is 34.2 Å². The summed E-state index contributed by atoms with van der Waals surface area (Å²) in [7, 11) is 1.65. The number of piperazine rings is 1. The molecule has 3 aromatic rings. The van der Waals surface area contributed by atoms with E-state index in [1.165, 1.54) is 32.4 Å². The fourth-order valence-corrected chi connectivity index (χ4v) is 5.44. The van der Waals surface area contributed by atoms with E-state index in [4.69, 9.17) is 14.2 Å². The monoisotopic (exact) mass is 562 g/mol. The summed E-state index contributed by atoms with van der Waals surface area (Å²) in [4.78, 5) is 28.6. The van der Waals surface area contributed by atoms with E-state index in [2.05, 4.69) is 25.1 Å². The minimum atomic E-state index is -0.111. The Morgan fingerprint density at radius 1 is 0.951 bits per heavy atom. The van der Waals surface area contributed by atoms with E-state index in [1.54, 1.807) is 13.4 Å². The maximum atomic E-state index is 12.9. The third-order valence-electron chi connectivity index (χ3n) is 7.57. The van der Waals surface area contributed by atoms with Crippen LogP contribution in [0.4, 0.5) is 16.3 Å². The maximum Gasteiger partial charge on any atom is 0.321 e. The average molecular weight is 563 g/mol. The molecule has 10 heteroatoms. The Bertz CT molecular complexity index is 1290. The Hall–Kier alpha value is -3.79. The zero-order valence-corrected chi connectivity index (χ0v) is 24.5. The highest BCUT2D eigenvalue weighted by atomic mass is 16.5. The quantitative estimate of drug-likeness (QED) is 0.344. The molecule has 3 heterocycles. The van der Waals surface area contributed by atoms with Crippen molar-refractivity contribution in [3.8, 4) is 17.2 Å². The fraction of sp³-hybridized carbons (Fsp3) is 0.516. The third-order valence-corrected chi connectivity index (χ3v) is 7.57. The number of rotatable bonds is 10. The van der Waals surface area contributed by atoms with Crippen molar-refractivity contribution in [2.24, 2.45) is 0 Å². The summed E-state index contributed by atoms with van der Waals surface area (Å²) >= 11 is 0. The van der Waals surface area contributed by atoms with Crippen molar-refractivity contribution in [1.82, 2.24) is 19.8 Å². The first-order valence-electron chi connectivity index (χ1n) is 14.8. The van der Waals surface area contributed by atoms with Gasteiger partial charge in [-0.1, -0.05) is 6.42 Å². The molecule has 2 aromatic carbocycles. The molecule has 5 rings (SSSR count). The van der Waals surface area contributed by atoms with Crippen LogP contribution in [0.5, 0.6) is 17.2 Å². The number of nitrogens with one attached hydrogen (secondary N) is 1. The molecule has 0 unspecified atom stereocenters. The first-order valence-corrected chi connectivity index (χ1v) is 14.8. The van der Waals surface area contributed by atoms with Crippen LogP contribution < -0.4 is 24.4 Å². The summed E-state index contributed by atoms with van der Waals surface area (Å²) in [6.45, 7) is 10.5. The topological polar surface area (TPSA) is 92.3 Å². The number of methoxy groups -OCH3 is 1. The van der Waals surface area contributed by atoms with Gasteiger partial charge in [-0.15, -0.1) is 0 Å². The Balaban J connectivity index is 1.19. The van der Waals surface area contributed by atoms with Crippen LogP contribution in [0.3, 0.4) is 0 Å². The number of piperidine rings is 1. The van der Waals surface area contributed by atoms with Crippen molar-refractivity contribution in [3.05, 3.63) is 42.7 Å². The van der Waals surface area contributed by atoms with Crippen molar-refractivity contribution in [2.75, 3.05) is 69.7 Å². The van der Waals surface area contributed by atoms with E-state index in [-0.39, 0.29) is 12.1 Å². The van der Waals surface area contributed by atoms with Crippen molar-refractivity contribution >= 4 is 28.4 Å². The van der Waals surface area contributed by atoms with Crippen LogP contribution in [0.25, 0.3) is 10.9 Å². The van der Waals surface area contributed by atoms with Gasteiger partial charge in [-0.3, -0.25) is 0 Å². The normalized spacial score (nSPS) is 16.2. The van der Waals surface area contributed by atoms with Crippen LogP contribution in [0.15, 0.2) is 42.7 Å². The van der Waals surface area contributed by atoms with Crippen molar-refractivity contribution in [1.29, 1.82) is 0 Å². The molecule has 0 bridgehead atoms. The van der Waals surface area contributed by atoms with Crippen molar-refractivity contribution in [3.63, 3.8) is 0 Å². The molecule has 220 valence electrons. The lowest BCUT2D eigenvalue weighted by atomic mass is 10.1. The third kappa shape index (κ3) is 7.49. The highest BCUT2D eigenvalue weighted by molar-refractivity contribution is 5.92. The number of benzene rings is 2. The molecule has 10 nitrogen and oxygen atoms in total. The number of urea groups is 1. The van der Waals surface area contributed by atoms with E-state index in [0.717, 1.165) is 41.1 Å². The second-order valence-corrected chi connectivity index (χ2v) is 10.9. The van der Waals surface area contributed by atoms with Crippen LogP contribution in [0.2, 0.25) is 0 Å². The molecule has 0 aliphatic carbocycles. The molecule has 0 radical (unpaired) electrons. The SMILES string of the molecule is COc1cc2ncnc(N3CCN(C(=O)Nc4ccc(OC(C)C)cc4)CC3)c2cc1OCCCN1CCCCC1. The van der Waals surface area contributed by atoms with Gasteiger partial charge in [0.1, 0.15) is 17.9 Å². The van der Waals surface area contributed by atoms with Crippen LogP contribution in [-0.4, -0.2) is 91.4 Å². The number of hydrogen-bond acceptors (Lipinski definition) is 8. The molecular formula is C31H42N6O4. The standard InChI is InChI=1S/C31H42N6O4/c1-23(2)41-25-10-8-24(9-11-25)34-31(38)37-17-15-36(16-18-37)30-26-20-29(28(39-3)21-27(26)32-22-33-30)40-19-7-14-35-12-5-4-6-13-35/h8-11,20-23H,4-7,12-19H2,1-3H3,(H,34,38). The van der Waals surface area contributed by atoms with Gasteiger partial charge in [0.25, 0.3) is 0 Å². The smallest absolute Gasteiger partial charge is 0.321 e. The molecule has 1 aromatic heterocycles. The largest absolute Gasteiger partial charge is 0.493 e. The van der Waals surface area contributed by atoms with Crippen molar-refractivity contribution < 1.29 is 19.0 Å². The van der Waals surface area contributed by atoms with Crippen molar-refractivity contribution in [2.45, 2.75) is 45.6 Å². The molecule has 2 amide bonds. The lowest BCUT2D eigenvalue weighted by Crippen LogP contribution is -2.50. The predicted molar refractivity (Wildman–Crippen MR) is 162 cm³/mol. The number of anilines is 2. The zero-order chi connectivity index (χ0) is 28.6. The lowest BCUT2D eigenvalue weighted by molar-refractivity contribution is 0.203. The maximum absolute atomic E-state index is 12.9. The molecule has 1 N–H and O–H groups in total. The van der Waals surface area contributed by atoms with Gasteiger partial charge in [-0.25, -0.2) is 14.8 Å². The number of likely N-dealkylation sites (tertiary alicyclic amines) is 1. The van der Waals surface area contributed by atoms with Gasteiger partial charge in [0, 0.05) is 49.9 Å². The number of hydrogen-bond donors (Lipinski definition) is 1. The number of carbonyl (C=O) groups excluding carboxylic acids is 1. The molecule has 0 saturated carbocycles. The summed E-state index contributed by atoms with van der Waals surface area (Å²) in [6, 6.07) is 11.3. The highest BCUT2D eigenvalue weighted by Crippen LogP contribution is 2.35. The van der Waals surface area contributed by atoms with E-state index >= 15 is 0 Å². The Morgan fingerprint density at radius 2 is 1.71 bits per heavy atom. The summed E-state index contributed by atoms with van der Waals surface area (Å²) in [5.41, 5.74) is 1.55. The zero-order valence-electron chi connectivity index (χ0n) is 24.5. The first-order chi connectivity index (χ1) is 20.0. The average Bonchev–Trinajstić information content (AvgIpc) is 3.00. The Labute approximate surface area is 242 Å². The predicted octanol–water partition coefficient (Wildman–Crippen LogP) is 5.03. The second kappa shape index (κ2) is 13.7. The second-order valence-electron chi connectivity index (χ2n) is 10.9. The molecule has 0 spiro atoms. The number of amides is 2. The van der Waals surface area contributed by atoms with E-state index < -0.39 is 0 Å². The molecule has 41 heavy (non-hydrogen) atoms. The number of ether oxygens (including phenoxy) is 3. The van der Waals surface area contributed by atoms with E-state index in [1.807, 2.05) is 55.1 Å². The van der Waals surface area contributed by atoms with Gasteiger partial charge in [0.15, 0.2) is 11.5 Å². The van der Waals surface area contributed by atoms with Crippen LogP contribution in [-0.2, 0) is 0 Å². The first kappa shape index (κ1) is 28.7. The number of aromatic nitrogens is 2. The lowest BCUT2D eigenvalue weighted by Gasteiger charge is -2.35. The van der Waals surface area contributed by atoms with Crippen LogP contribution >= 0.6 is 0 Å². The fourth-order valence-electron chi connectivity index (χ4n) is 5.44. The summed E-state index contributed by atoms with van der Waals surface area (Å²) in [5, 5.41) is 3.91. The Kier molecular flexibility index (Phi) is 9.61. The van der Waals surface area contributed by atoms with Crippen LogP contribution in [0.1, 0.15) is 39.5 Å². The summed E-state index contributed by atoms with van der Waals surface area (Å²) < 4.78 is 17.5.